The van der Waals surface area contributed by atoms with Crippen molar-refractivity contribution in [3.05, 3.63) is 22.8 Å². The summed E-state index contributed by atoms with van der Waals surface area (Å²) in [5.41, 5.74) is 0.0669. The molecule has 0 saturated carbocycles. The van der Waals surface area contributed by atoms with Crippen LogP contribution in [0.5, 0.6) is 0 Å². The van der Waals surface area contributed by atoms with Gasteiger partial charge in [-0.25, -0.2) is 4.79 Å². The largest absolute Gasteiger partial charge is 0.477 e. The highest BCUT2D eigenvalue weighted by Gasteiger charge is 2.60. The Labute approximate surface area is 185 Å². The maximum absolute atomic E-state index is 12.5. The highest BCUT2D eigenvalue weighted by atomic mass is 32.2. The maximum atomic E-state index is 12.5. The number of carbonyl (C=O) groups excluding carboxylic acids is 2. The number of hydrogen-bond acceptors (Lipinski definition) is 7. The normalized spacial score (nSPS) is 34.3. The Hall–Kier alpha value is -1.88. The van der Waals surface area contributed by atoms with Crippen LogP contribution < -0.4 is 10.6 Å². The number of nitrogens with one attached hydrogen (secondary N) is 2. The van der Waals surface area contributed by atoms with E-state index in [2.05, 4.69) is 10.6 Å². The van der Waals surface area contributed by atoms with Gasteiger partial charge in [-0.3, -0.25) is 9.59 Å². The molecule has 4 aliphatic rings. The van der Waals surface area contributed by atoms with E-state index >= 15 is 0 Å². The predicted molar refractivity (Wildman–Crippen MR) is 116 cm³/mol. The topological polar surface area (TPSA) is 122 Å². The number of thioether (sulfide) groups is 1. The van der Waals surface area contributed by atoms with Crippen LogP contribution in [0, 0.1) is 11.8 Å². The zero-order valence-electron chi connectivity index (χ0n) is 17.8. The summed E-state index contributed by atoms with van der Waals surface area (Å²) >= 11 is 1.51. The Morgan fingerprint density at radius 1 is 1.29 bits per heavy atom. The number of carboxylic acids is 1. The molecule has 4 heterocycles. The van der Waals surface area contributed by atoms with Gasteiger partial charge >= 0.3 is 5.97 Å². The Morgan fingerprint density at radius 2 is 2.00 bits per heavy atom. The van der Waals surface area contributed by atoms with Crippen LogP contribution in [0.1, 0.15) is 20.3 Å². The highest BCUT2D eigenvalue weighted by Crippen LogP contribution is 2.51. The molecule has 0 unspecified atom stereocenters. The van der Waals surface area contributed by atoms with Crippen LogP contribution >= 0.6 is 11.8 Å². The lowest BCUT2D eigenvalue weighted by atomic mass is 9.79. The van der Waals surface area contributed by atoms with Gasteiger partial charge in [0.15, 0.2) is 0 Å². The number of aliphatic carboxylic acids is 1. The predicted octanol–water partition coefficient (Wildman–Crippen LogP) is -0.408. The molecule has 10 heteroatoms. The van der Waals surface area contributed by atoms with Gasteiger partial charge in [0.05, 0.1) is 18.1 Å². The summed E-state index contributed by atoms with van der Waals surface area (Å²) in [4.78, 5) is 40.6. The number of carboxylic acid groups (broad SMARTS) is 1. The summed E-state index contributed by atoms with van der Waals surface area (Å²) in [5.74, 6) is -2.06. The number of hydrogen-bond donors (Lipinski definition) is 4. The molecule has 0 spiro atoms. The van der Waals surface area contributed by atoms with Crippen molar-refractivity contribution >= 4 is 29.5 Å². The van der Waals surface area contributed by atoms with Gasteiger partial charge in [0, 0.05) is 60.9 Å². The second kappa shape index (κ2) is 8.93. The fraction of sp³-hybridized carbons (Fsp3) is 0.667. The first-order valence-electron chi connectivity index (χ1n) is 10.9. The summed E-state index contributed by atoms with van der Waals surface area (Å²) in [6.07, 6.45) is 3.51. The second-order valence-corrected chi connectivity index (χ2v) is 10.0. The van der Waals surface area contributed by atoms with Crippen molar-refractivity contribution in [2.24, 2.45) is 11.8 Å². The molecule has 170 valence electrons. The lowest BCUT2D eigenvalue weighted by Gasteiger charge is -2.46. The van der Waals surface area contributed by atoms with Gasteiger partial charge in [0.1, 0.15) is 5.70 Å². The molecule has 3 fully saturated rings. The molecule has 6 atom stereocenters. The van der Waals surface area contributed by atoms with Gasteiger partial charge in [0.25, 0.3) is 0 Å². The summed E-state index contributed by atoms with van der Waals surface area (Å²) < 4.78 is 0. The van der Waals surface area contributed by atoms with Crippen molar-refractivity contribution in [2.45, 2.75) is 43.7 Å². The molecule has 0 aromatic carbocycles. The van der Waals surface area contributed by atoms with Crippen LogP contribution in [0.2, 0.25) is 0 Å². The number of piperazine rings is 1. The summed E-state index contributed by atoms with van der Waals surface area (Å²) in [7, 11) is 0. The van der Waals surface area contributed by atoms with Gasteiger partial charge in [-0.15, -0.1) is 11.8 Å². The molecule has 4 N–H and O–H groups in total. The second-order valence-electron chi connectivity index (χ2n) is 8.70. The average Bonchev–Trinajstić information content (AvgIpc) is 3.28. The molecule has 2 amide bonds. The number of carbonyl (C=O) groups is 3. The number of aliphatic hydroxyl groups is 1. The minimum absolute atomic E-state index is 0.0201. The third-order valence-corrected chi connectivity index (χ3v) is 8.14. The van der Waals surface area contributed by atoms with Crippen LogP contribution in [0.3, 0.4) is 0 Å². The first kappa shape index (κ1) is 22.3. The van der Waals surface area contributed by atoms with Crippen molar-refractivity contribution in [1.82, 2.24) is 20.4 Å². The van der Waals surface area contributed by atoms with Crippen molar-refractivity contribution in [1.29, 1.82) is 0 Å². The standard InChI is InChI=1S/C21H30N4O5S/c1-11-17-16(12(2)26)20(28)25(17)18(21(29)30)19(11)31-14-9-13(23-10-14)3-4-15(27)24-7-5-22-6-8-24/h3-4,11-14,16-17,22-23,26H,5-10H2,1-2H3,(H,29,30)/b4-3-/t11-,12-,13-,14+,16-,17-/m1/s1. The monoisotopic (exact) mass is 450 g/mol. The van der Waals surface area contributed by atoms with Crippen LogP contribution in [0.25, 0.3) is 0 Å². The first-order valence-corrected chi connectivity index (χ1v) is 11.7. The molecular formula is C21H30N4O5S. The lowest BCUT2D eigenvalue weighted by molar-refractivity contribution is -0.163. The molecule has 9 nitrogen and oxygen atoms in total. The fourth-order valence-corrected chi connectivity index (χ4v) is 6.51. The molecule has 4 aliphatic heterocycles. The number of rotatable bonds is 6. The van der Waals surface area contributed by atoms with Crippen LogP contribution in [0.15, 0.2) is 22.8 Å². The molecule has 0 aromatic rings. The van der Waals surface area contributed by atoms with E-state index in [0.717, 1.165) is 19.5 Å². The minimum atomic E-state index is -1.10. The van der Waals surface area contributed by atoms with Crippen molar-refractivity contribution in [3.63, 3.8) is 0 Å². The van der Waals surface area contributed by atoms with E-state index in [9.17, 15) is 24.6 Å². The molecule has 0 radical (unpaired) electrons. The first-order chi connectivity index (χ1) is 14.8. The number of aliphatic hydroxyl groups excluding tert-OH is 1. The van der Waals surface area contributed by atoms with Crippen molar-refractivity contribution < 1.29 is 24.6 Å². The quantitative estimate of drug-likeness (QED) is 0.318. The van der Waals surface area contributed by atoms with Gasteiger partial charge in [-0.05, 0) is 13.3 Å². The molecule has 0 aliphatic carbocycles. The zero-order chi connectivity index (χ0) is 22.3. The number of nitrogens with zero attached hydrogens (tertiary/aromatic N) is 2. The highest BCUT2D eigenvalue weighted by molar-refractivity contribution is 8.03. The SMILES string of the molecule is C[C@@H](O)[C@H]1C(=O)N2C(C(=O)O)=C(S[C@@H]3CN[C@H](/C=C\C(=O)N4CCNCC4)C3)[C@H](C)[C@H]12. The molecular weight excluding hydrogens is 420 g/mol. The smallest absolute Gasteiger partial charge is 0.353 e. The maximum Gasteiger partial charge on any atom is 0.353 e. The Bertz CT molecular complexity index is 823. The number of β-lactam (4-membered cyclic amide) rings is 1. The van der Waals surface area contributed by atoms with E-state index in [1.54, 1.807) is 13.0 Å². The van der Waals surface area contributed by atoms with E-state index < -0.39 is 18.0 Å². The van der Waals surface area contributed by atoms with E-state index in [0.29, 0.717) is 24.5 Å². The van der Waals surface area contributed by atoms with Crippen molar-refractivity contribution in [3.8, 4) is 0 Å². The van der Waals surface area contributed by atoms with Crippen LogP contribution in [-0.2, 0) is 14.4 Å². The molecule has 3 saturated heterocycles. The average molecular weight is 451 g/mol. The van der Waals surface area contributed by atoms with E-state index in [1.165, 1.54) is 16.7 Å². The lowest BCUT2D eigenvalue weighted by Crippen LogP contribution is -2.63. The Kier molecular flexibility index (Phi) is 6.43. The molecule has 31 heavy (non-hydrogen) atoms. The summed E-state index contributed by atoms with van der Waals surface area (Å²) in [6.45, 7) is 7.27. The fourth-order valence-electron chi connectivity index (χ4n) is 5.02. The Morgan fingerprint density at radius 3 is 2.65 bits per heavy atom. The molecule has 0 bridgehead atoms. The van der Waals surface area contributed by atoms with Crippen molar-refractivity contribution in [2.75, 3.05) is 32.7 Å². The summed E-state index contributed by atoms with van der Waals surface area (Å²) in [6, 6.07) is -0.235. The van der Waals surface area contributed by atoms with E-state index in [4.69, 9.17) is 0 Å². The van der Waals surface area contributed by atoms with Gasteiger partial charge in [-0.2, -0.15) is 0 Å². The number of amides is 2. The summed E-state index contributed by atoms with van der Waals surface area (Å²) in [5, 5.41) is 26.5. The molecule has 4 rings (SSSR count). The minimum Gasteiger partial charge on any atom is -0.477 e. The van der Waals surface area contributed by atoms with Gasteiger partial charge in [0.2, 0.25) is 11.8 Å². The zero-order valence-corrected chi connectivity index (χ0v) is 18.6. The third kappa shape index (κ3) is 4.13. The van der Waals surface area contributed by atoms with E-state index in [-0.39, 0.29) is 40.8 Å². The third-order valence-electron chi connectivity index (χ3n) is 6.63. The Balaban J connectivity index is 1.39. The van der Waals surface area contributed by atoms with Gasteiger partial charge < -0.3 is 30.6 Å². The van der Waals surface area contributed by atoms with E-state index in [1.807, 2.05) is 17.9 Å². The molecule has 0 aromatic heterocycles. The van der Waals surface area contributed by atoms with Crippen LogP contribution in [-0.4, -0.2) is 94.0 Å². The van der Waals surface area contributed by atoms with Crippen LogP contribution in [0.4, 0.5) is 0 Å². The van der Waals surface area contributed by atoms with Gasteiger partial charge in [-0.1, -0.05) is 13.0 Å². The number of fused-ring (bicyclic) bond motifs is 1.